The normalized spacial score (nSPS) is 21.3. The Morgan fingerprint density at radius 3 is 2.71 bits per heavy atom. The zero-order valence-electron chi connectivity index (χ0n) is 13.0. The van der Waals surface area contributed by atoms with Crippen LogP contribution in [0, 0.1) is 21.8 Å². The first-order valence-electron chi connectivity index (χ1n) is 8.00. The molecule has 0 bridgehead atoms. The lowest BCUT2D eigenvalue weighted by Crippen LogP contribution is -2.35. The Bertz CT molecular complexity index is 688. The highest BCUT2D eigenvalue weighted by Crippen LogP contribution is 2.30. The highest BCUT2D eigenvalue weighted by Gasteiger charge is 2.38. The molecule has 2 fully saturated rings. The molecule has 128 valence electrons. The summed E-state index contributed by atoms with van der Waals surface area (Å²) in [5.74, 6) is -1.84. The smallest absolute Gasteiger partial charge is 0.271 e. The number of hydrogen-bond donors (Lipinski definition) is 1. The van der Waals surface area contributed by atoms with Crippen molar-refractivity contribution in [2.24, 2.45) is 5.92 Å². The predicted octanol–water partition coefficient (Wildman–Crippen LogP) is 2.46. The third kappa shape index (κ3) is 3.22. The number of nitrogens with one attached hydrogen (secondary N) is 1. The van der Waals surface area contributed by atoms with Crippen molar-refractivity contribution in [3.8, 4) is 0 Å². The fraction of sp³-hybridized carbons (Fsp3) is 0.500. The number of rotatable bonds is 4. The summed E-state index contributed by atoms with van der Waals surface area (Å²) in [6.07, 6.45) is 4.19. The lowest BCUT2D eigenvalue weighted by molar-refractivity contribution is -0.384. The van der Waals surface area contributed by atoms with Gasteiger partial charge in [-0.05, 0) is 18.9 Å². The van der Waals surface area contributed by atoms with Gasteiger partial charge in [-0.1, -0.05) is 12.8 Å². The number of hydrogen-bond acceptors (Lipinski definition) is 4. The van der Waals surface area contributed by atoms with Crippen LogP contribution in [0.25, 0.3) is 0 Å². The number of carbonyl (C=O) groups is 2. The van der Waals surface area contributed by atoms with Crippen molar-refractivity contribution in [1.82, 2.24) is 4.90 Å². The van der Waals surface area contributed by atoms with Gasteiger partial charge in [-0.3, -0.25) is 19.7 Å². The Hall–Kier alpha value is -2.51. The van der Waals surface area contributed by atoms with Gasteiger partial charge >= 0.3 is 0 Å². The van der Waals surface area contributed by atoms with Crippen molar-refractivity contribution in [1.29, 1.82) is 0 Å². The summed E-state index contributed by atoms with van der Waals surface area (Å²) in [5.41, 5.74) is -0.539. The first-order chi connectivity index (χ1) is 11.5. The molecular formula is C16H18FN3O4. The van der Waals surface area contributed by atoms with E-state index in [1.807, 2.05) is 0 Å². The third-order valence-electron chi connectivity index (χ3n) is 4.71. The third-order valence-corrected chi connectivity index (χ3v) is 4.71. The van der Waals surface area contributed by atoms with Crippen LogP contribution in [0.3, 0.4) is 0 Å². The maximum Gasteiger partial charge on any atom is 0.271 e. The standard InChI is InChI=1S/C16H18FN3O4/c17-13-6-5-12(20(23)24)8-14(13)18-16(22)10-7-15(21)19(9-10)11-3-1-2-4-11/h5-6,8,10-11H,1-4,7,9H2,(H,18,22)/t10-/m1/s1. The molecule has 0 spiro atoms. The van der Waals surface area contributed by atoms with E-state index in [1.165, 1.54) is 0 Å². The summed E-state index contributed by atoms with van der Waals surface area (Å²) in [5, 5.41) is 13.1. The molecule has 1 aromatic carbocycles. The minimum Gasteiger partial charge on any atom is -0.339 e. The number of halogens is 1. The molecular weight excluding hydrogens is 317 g/mol. The summed E-state index contributed by atoms with van der Waals surface area (Å²) in [4.78, 5) is 36.3. The number of likely N-dealkylation sites (tertiary alicyclic amines) is 1. The van der Waals surface area contributed by atoms with Gasteiger partial charge in [0.1, 0.15) is 5.82 Å². The van der Waals surface area contributed by atoms with Crippen LogP contribution in [0.5, 0.6) is 0 Å². The fourth-order valence-corrected chi connectivity index (χ4v) is 3.43. The van der Waals surface area contributed by atoms with Gasteiger partial charge in [0, 0.05) is 31.1 Å². The van der Waals surface area contributed by atoms with Crippen molar-refractivity contribution in [2.75, 3.05) is 11.9 Å². The predicted molar refractivity (Wildman–Crippen MR) is 83.8 cm³/mol. The monoisotopic (exact) mass is 335 g/mol. The molecule has 3 rings (SSSR count). The lowest BCUT2D eigenvalue weighted by atomic mass is 10.1. The Labute approximate surface area is 138 Å². The topological polar surface area (TPSA) is 92.5 Å². The molecule has 1 saturated carbocycles. The first-order valence-corrected chi connectivity index (χ1v) is 8.00. The molecule has 2 aliphatic rings. The number of benzene rings is 1. The van der Waals surface area contributed by atoms with Gasteiger partial charge in [-0.25, -0.2) is 4.39 Å². The highest BCUT2D eigenvalue weighted by molar-refractivity contribution is 5.97. The van der Waals surface area contributed by atoms with Gasteiger partial charge < -0.3 is 10.2 Å². The van der Waals surface area contributed by atoms with Crippen LogP contribution >= 0.6 is 0 Å². The first kappa shape index (κ1) is 16.4. The van der Waals surface area contributed by atoms with E-state index < -0.39 is 22.6 Å². The van der Waals surface area contributed by atoms with Crippen molar-refractivity contribution in [3.63, 3.8) is 0 Å². The SMILES string of the molecule is O=C(Nc1cc([N+](=O)[O-])ccc1F)[C@@H]1CC(=O)N(C2CCCC2)C1. The van der Waals surface area contributed by atoms with E-state index in [4.69, 9.17) is 0 Å². The van der Waals surface area contributed by atoms with E-state index in [-0.39, 0.29) is 29.7 Å². The molecule has 7 nitrogen and oxygen atoms in total. The minimum absolute atomic E-state index is 0.0541. The molecule has 1 aromatic rings. The average Bonchev–Trinajstić information content (AvgIpc) is 3.18. The van der Waals surface area contributed by atoms with Crippen molar-refractivity contribution in [2.45, 2.75) is 38.1 Å². The van der Waals surface area contributed by atoms with Gasteiger partial charge in [0.25, 0.3) is 5.69 Å². The van der Waals surface area contributed by atoms with Gasteiger partial charge in [-0.2, -0.15) is 0 Å². The van der Waals surface area contributed by atoms with Crippen LogP contribution in [0.15, 0.2) is 18.2 Å². The maximum absolute atomic E-state index is 13.8. The van der Waals surface area contributed by atoms with Gasteiger partial charge in [0.05, 0.1) is 16.5 Å². The Kier molecular flexibility index (Phi) is 4.46. The summed E-state index contributed by atoms with van der Waals surface area (Å²) in [6.45, 7) is 0.325. The van der Waals surface area contributed by atoms with Crippen molar-refractivity contribution < 1.29 is 18.9 Å². The Balaban J connectivity index is 1.68. The van der Waals surface area contributed by atoms with Gasteiger partial charge in [0.2, 0.25) is 11.8 Å². The average molecular weight is 335 g/mol. The highest BCUT2D eigenvalue weighted by atomic mass is 19.1. The maximum atomic E-state index is 13.8. The quantitative estimate of drug-likeness (QED) is 0.676. The van der Waals surface area contributed by atoms with Crippen LogP contribution in [-0.4, -0.2) is 34.2 Å². The summed E-state index contributed by atoms with van der Waals surface area (Å²) in [7, 11) is 0. The van der Waals surface area contributed by atoms with E-state index in [0.29, 0.717) is 6.54 Å². The Morgan fingerprint density at radius 1 is 1.33 bits per heavy atom. The number of anilines is 1. The van der Waals surface area contributed by atoms with Crippen LogP contribution < -0.4 is 5.32 Å². The van der Waals surface area contributed by atoms with Crippen LogP contribution in [0.1, 0.15) is 32.1 Å². The van der Waals surface area contributed by atoms with E-state index >= 15 is 0 Å². The second kappa shape index (κ2) is 6.54. The number of non-ortho nitro benzene ring substituents is 1. The van der Waals surface area contributed by atoms with Crippen LogP contribution in [-0.2, 0) is 9.59 Å². The van der Waals surface area contributed by atoms with Crippen LogP contribution in [0.2, 0.25) is 0 Å². The lowest BCUT2D eigenvalue weighted by Gasteiger charge is -2.23. The number of amides is 2. The zero-order chi connectivity index (χ0) is 17.3. The Morgan fingerprint density at radius 2 is 2.04 bits per heavy atom. The van der Waals surface area contributed by atoms with Gasteiger partial charge in [-0.15, -0.1) is 0 Å². The molecule has 1 atom stereocenters. The molecule has 1 aliphatic carbocycles. The number of nitro groups is 1. The molecule has 1 N–H and O–H groups in total. The summed E-state index contributed by atoms with van der Waals surface area (Å²) >= 11 is 0. The molecule has 1 saturated heterocycles. The van der Waals surface area contributed by atoms with Gasteiger partial charge in [0.15, 0.2) is 0 Å². The number of nitro benzene ring substituents is 1. The molecule has 0 aromatic heterocycles. The molecule has 24 heavy (non-hydrogen) atoms. The summed E-state index contributed by atoms with van der Waals surface area (Å²) in [6, 6.07) is 3.16. The molecule has 1 heterocycles. The molecule has 0 radical (unpaired) electrons. The minimum atomic E-state index is -0.745. The molecule has 8 heteroatoms. The van der Waals surface area contributed by atoms with Crippen LogP contribution in [0.4, 0.5) is 15.8 Å². The van der Waals surface area contributed by atoms with E-state index in [2.05, 4.69) is 5.32 Å². The molecule has 0 unspecified atom stereocenters. The second-order valence-electron chi connectivity index (χ2n) is 6.30. The van der Waals surface area contributed by atoms with E-state index in [9.17, 15) is 24.1 Å². The zero-order valence-corrected chi connectivity index (χ0v) is 13.0. The molecule has 2 amide bonds. The number of nitrogens with zero attached hydrogens (tertiary/aromatic N) is 2. The molecule has 1 aliphatic heterocycles. The van der Waals surface area contributed by atoms with E-state index in [1.54, 1.807) is 4.90 Å². The number of carbonyl (C=O) groups excluding carboxylic acids is 2. The fourth-order valence-electron chi connectivity index (χ4n) is 3.43. The largest absolute Gasteiger partial charge is 0.339 e. The van der Waals surface area contributed by atoms with Crippen molar-refractivity contribution in [3.05, 3.63) is 34.1 Å². The van der Waals surface area contributed by atoms with E-state index in [0.717, 1.165) is 43.9 Å². The second-order valence-corrected chi connectivity index (χ2v) is 6.30. The summed E-state index contributed by atoms with van der Waals surface area (Å²) < 4.78 is 13.8. The van der Waals surface area contributed by atoms with Crippen molar-refractivity contribution >= 4 is 23.2 Å².